The van der Waals surface area contributed by atoms with Gasteiger partial charge in [-0.05, 0) is 36.4 Å². The van der Waals surface area contributed by atoms with Crippen molar-refractivity contribution in [2.45, 2.75) is 0 Å². The van der Waals surface area contributed by atoms with Crippen molar-refractivity contribution in [1.82, 2.24) is 4.98 Å². The minimum atomic E-state index is 0.848. The summed E-state index contributed by atoms with van der Waals surface area (Å²) in [5.41, 5.74) is 3.09. The first kappa shape index (κ1) is 13.0. The summed E-state index contributed by atoms with van der Waals surface area (Å²) in [5.74, 6) is 7.09. The highest BCUT2D eigenvalue weighted by molar-refractivity contribution is 5.51. The van der Waals surface area contributed by atoms with Crippen LogP contribution in [0.15, 0.2) is 42.6 Å². The van der Waals surface area contributed by atoms with Crippen LogP contribution in [0.3, 0.4) is 0 Å². The zero-order valence-electron chi connectivity index (χ0n) is 11.4. The first-order valence-electron chi connectivity index (χ1n) is 6.12. The van der Waals surface area contributed by atoms with E-state index in [1.54, 1.807) is 6.20 Å². The van der Waals surface area contributed by atoms with Crippen LogP contribution in [0.25, 0.3) is 0 Å². The molecule has 1 N–H and O–H groups in total. The number of pyridine rings is 1. The summed E-state index contributed by atoms with van der Waals surface area (Å²) in [4.78, 5) is 6.29. The smallest absolute Gasteiger partial charge is 0.125 e. The topological polar surface area (TPSA) is 28.2 Å². The highest BCUT2D eigenvalue weighted by Gasteiger charge is 1.94. The Morgan fingerprint density at radius 1 is 0.947 bits per heavy atom. The van der Waals surface area contributed by atoms with E-state index in [1.807, 2.05) is 45.4 Å². The van der Waals surface area contributed by atoms with Gasteiger partial charge in [-0.25, -0.2) is 4.98 Å². The maximum atomic E-state index is 4.23. The summed E-state index contributed by atoms with van der Waals surface area (Å²) < 4.78 is 0. The summed E-state index contributed by atoms with van der Waals surface area (Å²) >= 11 is 0. The molecule has 96 valence electrons. The summed E-state index contributed by atoms with van der Waals surface area (Å²) in [7, 11) is 5.89. The molecule has 2 rings (SSSR count). The van der Waals surface area contributed by atoms with Crippen molar-refractivity contribution in [2.24, 2.45) is 0 Å². The number of anilines is 2. The molecule has 3 nitrogen and oxygen atoms in total. The van der Waals surface area contributed by atoms with Crippen LogP contribution in [-0.2, 0) is 0 Å². The SMILES string of the molecule is CNc1ccc(C#Cc2ccc(N(C)C)cc2)cn1. The van der Waals surface area contributed by atoms with Gasteiger partial charge in [-0.3, -0.25) is 0 Å². The molecular weight excluding hydrogens is 234 g/mol. The van der Waals surface area contributed by atoms with Crippen molar-refractivity contribution in [1.29, 1.82) is 0 Å². The molecule has 2 aromatic rings. The van der Waals surface area contributed by atoms with Gasteiger partial charge in [-0.15, -0.1) is 0 Å². The Bertz CT molecular complexity index is 587. The normalized spacial score (nSPS) is 9.42. The second-order valence-electron chi connectivity index (χ2n) is 4.37. The average molecular weight is 251 g/mol. The molecule has 0 aliphatic rings. The average Bonchev–Trinajstić information content (AvgIpc) is 2.46. The minimum Gasteiger partial charge on any atom is -0.378 e. The Morgan fingerprint density at radius 2 is 1.58 bits per heavy atom. The molecule has 3 heteroatoms. The molecule has 0 aliphatic heterocycles. The molecule has 1 aromatic heterocycles. The molecule has 0 atom stereocenters. The van der Waals surface area contributed by atoms with Gasteiger partial charge in [0.15, 0.2) is 0 Å². The van der Waals surface area contributed by atoms with Crippen LogP contribution < -0.4 is 10.2 Å². The van der Waals surface area contributed by atoms with Crippen molar-refractivity contribution < 1.29 is 0 Å². The molecule has 0 radical (unpaired) electrons. The third-order valence-corrected chi connectivity index (χ3v) is 2.75. The van der Waals surface area contributed by atoms with Crippen LogP contribution in [0, 0.1) is 11.8 Å². The number of rotatable bonds is 2. The van der Waals surface area contributed by atoms with Crippen molar-refractivity contribution in [2.75, 3.05) is 31.4 Å². The van der Waals surface area contributed by atoms with Crippen LogP contribution in [0.2, 0.25) is 0 Å². The molecule has 0 unspecified atom stereocenters. The second-order valence-corrected chi connectivity index (χ2v) is 4.37. The van der Waals surface area contributed by atoms with Gasteiger partial charge >= 0.3 is 0 Å². The molecule has 0 fully saturated rings. The maximum Gasteiger partial charge on any atom is 0.125 e. The number of benzene rings is 1. The monoisotopic (exact) mass is 251 g/mol. The maximum absolute atomic E-state index is 4.23. The fourth-order valence-corrected chi connectivity index (χ4v) is 1.60. The van der Waals surface area contributed by atoms with Crippen molar-refractivity contribution in [3.63, 3.8) is 0 Å². The predicted octanol–water partition coefficient (Wildman–Crippen LogP) is 2.59. The highest BCUT2D eigenvalue weighted by Crippen LogP contribution is 2.11. The van der Waals surface area contributed by atoms with Crippen molar-refractivity contribution in [3.05, 3.63) is 53.7 Å². The molecular formula is C16H17N3. The number of nitrogens with zero attached hydrogens (tertiary/aromatic N) is 2. The molecule has 19 heavy (non-hydrogen) atoms. The Morgan fingerprint density at radius 3 is 2.11 bits per heavy atom. The molecule has 0 aliphatic carbocycles. The lowest BCUT2D eigenvalue weighted by Gasteiger charge is -2.11. The Balaban J connectivity index is 2.14. The van der Waals surface area contributed by atoms with Gasteiger partial charge in [0, 0.05) is 44.2 Å². The fourth-order valence-electron chi connectivity index (χ4n) is 1.60. The lowest BCUT2D eigenvalue weighted by Crippen LogP contribution is -2.07. The largest absolute Gasteiger partial charge is 0.378 e. The predicted molar refractivity (Wildman–Crippen MR) is 80.5 cm³/mol. The van der Waals surface area contributed by atoms with Crippen LogP contribution in [0.1, 0.15) is 11.1 Å². The van der Waals surface area contributed by atoms with Gasteiger partial charge in [0.2, 0.25) is 0 Å². The molecule has 0 saturated heterocycles. The number of aromatic nitrogens is 1. The molecule has 0 amide bonds. The van der Waals surface area contributed by atoms with Gasteiger partial charge in [0.25, 0.3) is 0 Å². The van der Waals surface area contributed by atoms with Crippen LogP contribution in [0.5, 0.6) is 0 Å². The van der Waals surface area contributed by atoms with Gasteiger partial charge in [0.05, 0.1) is 0 Å². The van der Waals surface area contributed by atoms with E-state index < -0.39 is 0 Å². The van der Waals surface area contributed by atoms with E-state index in [2.05, 4.69) is 39.2 Å². The van der Waals surface area contributed by atoms with E-state index >= 15 is 0 Å². The Kier molecular flexibility index (Phi) is 4.04. The quantitative estimate of drug-likeness (QED) is 0.832. The number of hydrogen-bond donors (Lipinski definition) is 1. The molecule has 0 saturated carbocycles. The first-order chi connectivity index (χ1) is 9.19. The van der Waals surface area contributed by atoms with Crippen molar-refractivity contribution in [3.8, 4) is 11.8 Å². The summed E-state index contributed by atoms with van der Waals surface area (Å²) in [6.07, 6.45) is 1.77. The zero-order chi connectivity index (χ0) is 13.7. The van der Waals surface area contributed by atoms with Crippen LogP contribution in [-0.4, -0.2) is 26.1 Å². The van der Waals surface area contributed by atoms with Crippen LogP contribution >= 0.6 is 0 Å². The standard InChI is InChI=1S/C16H17N3/c1-17-16-11-8-14(12-18-16)5-4-13-6-9-15(10-7-13)19(2)3/h6-12H,1-3H3,(H,17,18). The lowest BCUT2D eigenvalue weighted by atomic mass is 10.2. The van der Waals surface area contributed by atoms with Gasteiger partial charge < -0.3 is 10.2 Å². The lowest BCUT2D eigenvalue weighted by molar-refractivity contribution is 1.13. The zero-order valence-corrected chi connectivity index (χ0v) is 11.4. The minimum absolute atomic E-state index is 0.848. The summed E-state index contributed by atoms with van der Waals surface area (Å²) in [6, 6.07) is 12.0. The molecule has 0 spiro atoms. The van der Waals surface area contributed by atoms with Crippen LogP contribution in [0.4, 0.5) is 11.5 Å². The third-order valence-electron chi connectivity index (χ3n) is 2.75. The van der Waals surface area contributed by atoms with E-state index in [0.29, 0.717) is 0 Å². The third kappa shape index (κ3) is 3.49. The second kappa shape index (κ2) is 5.92. The van der Waals surface area contributed by atoms with Gasteiger partial charge in [-0.1, -0.05) is 11.8 Å². The first-order valence-corrected chi connectivity index (χ1v) is 6.12. The molecule has 1 aromatic carbocycles. The van der Waals surface area contributed by atoms with E-state index in [-0.39, 0.29) is 0 Å². The summed E-state index contributed by atoms with van der Waals surface area (Å²) in [6.45, 7) is 0. The fraction of sp³-hybridized carbons (Fsp3) is 0.188. The van der Waals surface area contributed by atoms with Gasteiger partial charge in [-0.2, -0.15) is 0 Å². The van der Waals surface area contributed by atoms with Crippen molar-refractivity contribution >= 4 is 11.5 Å². The number of hydrogen-bond acceptors (Lipinski definition) is 3. The van der Waals surface area contributed by atoms with E-state index in [1.165, 1.54) is 5.69 Å². The highest BCUT2D eigenvalue weighted by atomic mass is 15.1. The summed E-state index contributed by atoms with van der Waals surface area (Å²) in [5, 5.41) is 2.98. The molecule has 0 bridgehead atoms. The Hall–Kier alpha value is -2.47. The van der Waals surface area contributed by atoms with E-state index in [9.17, 15) is 0 Å². The van der Waals surface area contributed by atoms with Gasteiger partial charge in [0.1, 0.15) is 5.82 Å². The van der Waals surface area contributed by atoms with E-state index in [4.69, 9.17) is 0 Å². The number of nitrogens with one attached hydrogen (secondary N) is 1. The Labute approximate surface area is 114 Å². The molecule has 1 heterocycles. The van der Waals surface area contributed by atoms with E-state index in [0.717, 1.165) is 16.9 Å².